The van der Waals surface area contributed by atoms with Crippen molar-refractivity contribution >= 4 is 28.3 Å². The third-order valence-corrected chi connectivity index (χ3v) is 6.11. The minimum atomic E-state index is -0.332. The van der Waals surface area contributed by atoms with Gasteiger partial charge in [0, 0.05) is 33.2 Å². The third-order valence-electron chi connectivity index (χ3n) is 5.19. The van der Waals surface area contributed by atoms with Crippen molar-refractivity contribution in [3.8, 4) is 0 Å². The molecule has 4 heterocycles. The molecular formula is C16H23N5O4S. The van der Waals surface area contributed by atoms with Gasteiger partial charge < -0.3 is 19.7 Å². The molecular weight excluding hydrogens is 358 g/mol. The lowest BCUT2D eigenvalue weighted by Gasteiger charge is -2.40. The topological polar surface area (TPSA) is 96.9 Å². The number of nitrogens with zero attached hydrogens (tertiary/aromatic N) is 4. The van der Waals surface area contributed by atoms with E-state index in [4.69, 9.17) is 9.47 Å². The second-order valence-corrected chi connectivity index (χ2v) is 8.08. The van der Waals surface area contributed by atoms with Crippen LogP contribution < -0.4 is 10.2 Å². The molecule has 1 spiro atoms. The zero-order chi connectivity index (χ0) is 18.1. The highest BCUT2D eigenvalue weighted by atomic mass is 32.1. The van der Waals surface area contributed by atoms with E-state index >= 15 is 0 Å². The van der Waals surface area contributed by atoms with Gasteiger partial charge in [0.2, 0.25) is 16.9 Å². The van der Waals surface area contributed by atoms with Crippen molar-refractivity contribution in [2.45, 2.75) is 25.0 Å². The molecule has 0 saturated carbocycles. The molecule has 3 saturated heterocycles. The Hall–Kier alpha value is -1.62. The normalized spacial score (nSPS) is 29.1. The molecule has 3 fully saturated rings. The Kier molecular flexibility index (Phi) is 4.91. The fourth-order valence-electron chi connectivity index (χ4n) is 3.86. The number of anilines is 1. The zero-order valence-electron chi connectivity index (χ0n) is 14.8. The van der Waals surface area contributed by atoms with E-state index in [9.17, 15) is 9.59 Å². The summed E-state index contributed by atoms with van der Waals surface area (Å²) in [5.74, 6) is -0.368. The largest absolute Gasteiger partial charge is 0.377 e. The van der Waals surface area contributed by atoms with E-state index in [1.54, 1.807) is 12.0 Å². The van der Waals surface area contributed by atoms with Gasteiger partial charge in [0.05, 0.1) is 24.7 Å². The number of aromatic nitrogens is 2. The average Bonchev–Trinajstić information content (AvgIpc) is 3.36. The highest BCUT2D eigenvalue weighted by Crippen LogP contribution is 2.31. The van der Waals surface area contributed by atoms with E-state index in [1.165, 1.54) is 11.3 Å². The van der Waals surface area contributed by atoms with Gasteiger partial charge >= 0.3 is 0 Å². The van der Waals surface area contributed by atoms with Gasteiger partial charge in [0.25, 0.3) is 0 Å². The molecule has 2 unspecified atom stereocenters. The summed E-state index contributed by atoms with van der Waals surface area (Å²) in [6, 6.07) is 0. The van der Waals surface area contributed by atoms with Crippen LogP contribution in [-0.2, 0) is 25.7 Å². The average molecular weight is 381 g/mol. The molecule has 4 rings (SSSR count). The molecule has 3 aliphatic heterocycles. The Morgan fingerprint density at radius 3 is 3.15 bits per heavy atom. The Labute approximate surface area is 155 Å². The highest BCUT2D eigenvalue weighted by molar-refractivity contribution is 7.15. The van der Waals surface area contributed by atoms with Crippen molar-refractivity contribution in [3.63, 3.8) is 0 Å². The number of carbonyl (C=O) groups excluding carboxylic acids is 2. The molecule has 1 aromatic heterocycles. The summed E-state index contributed by atoms with van der Waals surface area (Å²) in [5, 5.41) is 12.7. The van der Waals surface area contributed by atoms with Crippen LogP contribution in [0, 0.1) is 5.92 Å². The number of morpholine rings is 1. The summed E-state index contributed by atoms with van der Waals surface area (Å²) >= 11 is 1.33. The van der Waals surface area contributed by atoms with Gasteiger partial charge in [-0.25, -0.2) is 0 Å². The molecule has 3 aliphatic rings. The molecule has 0 aromatic carbocycles. The van der Waals surface area contributed by atoms with Crippen LogP contribution >= 0.6 is 11.3 Å². The van der Waals surface area contributed by atoms with Crippen LogP contribution in [0.1, 0.15) is 17.8 Å². The molecule has 1 aromatic rings. The predicted molar refractivity (Wildman–Crippen MR) is 93.8 cm³/mol. The Morgan fingerprint density at radius 2 is 2.38 bits per heavy atom. The minimum absolute atomic E-state index is 0.0389. The van der Waals surface area contributed by atoms with E-state index in [1.807, 2.05) is 4.90 Å². The number of nitrogens with one attached hydrogen (secondary N) is 1. The summed E-state index contributed by atoms with van der Waals surface area (Å²) in [5.41, 5.74) is -0.259. The number of amides is 2. The lowest BCUT2D eigenvalue weighted by Crippen LogP contribution is -2.56. The first-order valence-corrected chi connectivity index (χ1v) is 9.67. The quantitative estimate of drug-likeness (QED) is 0.760. The van der Waals surface area contributed by atoms with E-state index in [0.29, 0.717) is 43.0 Å². The first-order valence-electron chi connectivity index (χ1n) is 8.85. The summed E-state index contributed by atoms with van der Waals surface area (Å²) in [6.45, 7) is 4.16. The molecule has 142 valence electrons. The van der Waals surface area contributed by atoms with Crippen LogP contribution in [0.3, 0.4) is 0 Å². The number of methoxy groups -OCH3 is 1. The molecule has 0 radical (unpaired) electrons. The van der Waals surface area contributed by atoms with Gasteiger partial charge in [-0.1, -0.05) is 11.3 Å². The number of rotatable bonds is 4. The first-order chi connectivity index (χ1) is 12.6. The van der Waals surface area contributed by atoms with E-state index in [2.05, 4.69) is 15.5 Å². The van der Waals surface area contributed by atoms with Gasteiger partial charge in [-0.15, -0.1) is 10.2 Å². The first kappa shape index (κ1) is 17.8. The van der Waals surface area contributed by atoms with E-state index in [0.717, 1.165) is 19.5 Å². The number of carbonyl (C=O) groups is 2. The zero-order valence-corrected chi connectivity index (χ0v) is 15.6. The van der Waals surface area contributed by atoms with Gasteiger partial charge in [0.1, 0.15) is 11.6 Å². The summed E-state index contributed by atoms with van der Waals surface area (Å²) in [7, 11) is 1.59. The lowest BCUT2D eigenvalue weighted by molar-refractivity contribution is -0.151. The van der Waals surface area contributed by atoms with Gasteiger partial charge in [-0.05, 0) is 13.0 Å². The van der Waals surface area contributed by atoms with E-state index < -0.39 is 0 Å². The van der Waals surface area contributed by atoms with Gasteiger partial charge in [-0.2, -0.15) is 0 Å². The Morgan fingerprint density at radius 1 is 1.50 bits per heavy atom. The summed E-state index contributed by atoms with van der Waals surface area (Å²) in [4.78, 5) is 28.9. The highest BCUT2D eigenvalue weighted by Gasteiger charge is 2.44. The maximum atomic E-state index is 13.0. The minimum Gasteiger partial charge on any atom is -0.377 e. The Bertz CT molecular complexity index is 690. The summed E-state index contributed by atoms with van der Waals surface area (Å²) in [6.07, 6.45) is 1.14. The maximum Gasteiger partial charge on any atom is 0.229 e. The standard InChI is InChI=1S/C16H23N5O4S/c1-24-8-12-18-19-15(26-12)21-7-11(6-13(21)22)14(23)20-4-5-25-16(10-20)2-3-17-9-16/h11,17H,2-10H2,1H3. The second-order valence-electron chi connectivity index (χ2n) is 7.03. The van der Waals surface area contributed by atoms with Crippen molar-refractivity contribution in [1.29, 1.82) is 0 Å². The number of hydrogen-bond donors (Lipinski definition) is 1. The predicted octanol–water partition coefficient (Wildman–Crippen LogP) is -0.372. The van der Waals surface area contributed by atoms with Crippen LogP contribution in [0.4, 0.5) is 5.13 Å². The van der Waals surface area contributed by atoms with Crippen LogP contribution in [-0.4, -0.2) is 79.0 Å². The fourth-order valence-corrected chi connectivity index (χ4v) is 4.70. The fraction of sp³-hybridized carbons (Fsp3) is 0.750. The van der Waals surface area contributed by atoms with Gasteiger partial charge in [0.15, 0.2) is 0 Å². The monoisotopic (exact) mass is 381 g/mol. The van der Waals surface area contributed by atoms with E-state index in [-0.39, 0.29) is 29.8 Å². The van der Waals surface area contributed by atoms with Crippen molar-refractivity contribution in [2.75, 3.05) is 51.3 Å². The SMILES string of the molecule is COCc1nnc(N2CC(C(=O)N3CCOC4(CCNC4)C3)CC2=O)s1. The van der Waals surface area contributed by atoms with Crippen LogP contribution in [0.5, 0.6) is 0 Å². The van der Waals surface area contributed by atoms with Crippen molar-refractivity contribution in [1.82, 2.24) is 20.4 Å². The molecule has 0 aliphatic carbocycles. The Balaban J connectivity index is 1.41. The molecule has 1 N–H and O–H groups in total. The smallest absolute Gasteiger partial charge is 0.229 e. The molecule has 9 nitrogen and oxygen atoms in total. The molecule has 0 bridgehead atoms. The number of hydrogen-bond acceptors (Lipinski definition) is 8. The van der Waals surface area contributed by atoms with Gasteiger partial charge in [-0.3, -0.25) is 14.5 Å². The summed E-state index contributed by atoms with van der Waals surface area (Å²) < 4.78 is 11.0. The molecule has 2 amide bonds. The molecule has 2 atom stereocenters. The van der Waals surface area contributed by atoms with Crippen molar-refractivity contribution in [3.05, 3.63) is 5.01 Å². The second kappa shape index (κ2) is 7.18. The van der Waals surface area contributed by atoms with Crippen molar-refractivity contribution in [2.24, 2.45) is 5.92 Å². The number of ether oxygens (including phenoxy) is 2. The van der Waals surface area contributed by atoms with Crippen molar-refractivity contribution < 1.29 is 19.1 Å². The lowest BCUT2D eigenvalue weighted by atomic mass is 9.98. The van der Waals surface area contributed by atoms with Crippen LogP contribution in [0.2, 0.25) is 0 Å². The molecule has 10 heteroatoms. The van der Waals surface area contributed by atoms with Crippen LogP contribution in [0.25, 0.3) is 0 Å². The maximum absolute atomic E-state index is 13.0. The van der Waals surface area contributed by atoms with Crippen LogP contribution in [0.15, 0.2) is 0 Å². The third kappa shape index (κ3) is 3.34. The molecule has 26 heavy (non-hydrogen) atoms.